The van der Waals surface area contributed by atoms with Crippen LogP contribution < -0.4 is 5.32 Å². The van der Waals surface area contributed by atoms with E-state index in [2.05, 4.69) is 11.2 Å². The fourth-order valence-electron chi connectivity index (χ4n) is 0.752. The topological polar surface area (TPSA) is 12.0 Å². The highest BCUT2D eigenvalue weighted by Gasteiger charge is 1.90. The molecule has 0 bridgehead atoms. The predicted octanol–water partition coefficient (Wildman–Crippen LogP) is 1.87. The fourth-order valence-corrected chi connectivity index (χ4v) is 0.752. The van der Waals surface area contributed by atoms with E-state index < -0.39 is 0 Å². The second-order valence-electron chi connectivity index (χ2n) is 2.07. The van der Waals surface area contributed by atoms with Crippen molar-refractivity contribution in [1.82, 2.24) is 0 Å². The van der Waals surface area contributed by atoms with Crippen LogP contribution in [0.5, 0.6) is 0 Å². The number of rotatable bonds is 2. The van der Waals surface area contributed by atoms with Gasteiger partial charge in [-0.05, 0) is 18.2 Å². The van der Waals surface area contributed by atoms with Gasteiger partial charge in [0.1, 0.15) is 5.82 Å². The third-order valence-electron chi connectivity index (χ3n) is 1.22. The number of nitrogens with one attached hydrogen (secondary N) is 1. The van der Waals surface area contributed by atoms with Crippen molar-refractivity contribution in [3.8, 4) is 12.3 Å². The zero-order valence-electron chi connectivity index (χ0n) is 5.97. The predicted molar refractivity (Wildman–Crippen MR) is 43.7 cm³/mol. The maximum Gasteiger partial charge on any atom is 0.125 e. The lowest BCUT2D eigenvalue weighted by Gasteiger charge is -2.00. The molecule has 0 saturated carbocycles. The summed E-state index contributed by atoms with van der Waals surface area (Å²) in [5, 5.41) is 2.86. The number of hydrogen-bond donors (Lipinski definition) is 1. The molecule has 0 heterocycles. The molecule has 2 heteroatoms. The Morgan fingerprint density at radius 2 is 2.36 bits per heavy atom. The second kappa shape index (κ2) is 3.62. The first kappa shape index (κ1) is 7.62. The Hall–Kier alpha value is -1.49. The van der Waals surface area contributed by atoms with Crippen LogP contribution in [0.4, 0.5) is 10.1 Å². The normalized spacial score (nSPS) is 8.73. The third-order valence-corrected chi connectivity index (χ3v) is 1.22. The molecule has 1 rings (SSSR count). The molecule has 0 aliphatic rings. The van der Waals surface area contributed by atoms with Gasteiger partial charge in [-0.25, -0.2) is 4.39 Å². The standard InChI is InChI=1S/C9H8FN/c1-2-6-11-9-5-3-4-8(10)7-9/h1,3-5,7,11H,6H2. The monoisotopic (exact) mass is 149 g/mol. The van der Waals surface area contributed by atoms with Gasteiger partial charge in [0.25, 0.3) is 0 Å². The highest BCUT2D eigenvalue weighted by Crippen LogP contribution is 2.07. The average molecular weight is 149 g/mol. The van der Waals surface area contributed by atoms with Gasteiger partial charge < -0.3 is 5.32 Å². The fraction of sp³-hybridized carbons (Fsp3) is 0.111. The molecule has 1 N–H and O–H groups in total. The molecule has 1 aromatic carbocycles. The molecule has 11 heavy (non-hydrogen) atoms. The zero-order valence-corrected chi connectivity index (χ0v) is 5.97. The van der Waals surface area contributed by atoms with Crippen molar-refractivity contribution in [2.75, 3.05) is 11.9 Å². The lowest BCUT2D eigenvalue weighted by molar-refractivity contribution is 0.628. The van der Waals surface area contributed by atoms with Crippen molar-refractivity contribution in [3.63, 3.8) is 0 Å². The first-order valence-corrected chi connectivity index (χ1v) is 3.26. The van der Waals surface area contributed by atoms with Gasteiger partial charge in [0.05, 0.1) is 6.54 Å². The maximum atomic E-state index is 12.5. The molecule has 56 valence electrons. The minimum atomic E-state index is -0.257. The number of hydrogen-bond acceptors (Lipinski definition) is 1. The van der Waals surface area contributed by atoms with Crippen LogP contribution in [0.25, 0.3) is 0 Å². The van der Waals surface area contributed by atoms with E-state index >= 15 is 0 Å². The molecule has 0 amide bonds. The third kappa shape index (κ3) is 2.30. The maximum absolute atomic E-state index is 12.5. The van der Waals surface area contributed by atoms with Crippen LogP contribution in [0.15, 0.2) is 24.3 Å². The van der Waals surface area contributed by atoms with Crippen LogP contribution in [0.2, 0.25) is 0 Å². The van der Waals surface area contributed by atoms with E-state index in [1.165, 1.54) is 12.1 Å². The molecular formula is C9H8FN. The zero-order chi connectivity index (χ0) is 8.10. The van der Waals surface area contributed by atoms with Gasteiger partial charge in [0.2, 0.25) is 0 Å². The molecule has 0 radical (unpaired) electrons. The van der Waals surface area contributed by atoms with Crippen LogP contribution in [0.1, 0.15) is 0 Å². The molecule has 0 saturated heterocycles. The molecule has 0 spiro atoms. The summed E-state index contributed by atoms with van der Waals surface area (Å²) in [5.41, 5.74) is 0.711. The van der Waals surface area contributed by atoms with E-state index in [-0.39, 0.29) is 5.82 Å². The van der Waals surface area contributed by atoms with Crippen molar-refractivity contribution in [1.29, 1.82) is 0 Å². The molecule has 1 aromatic rings. The van der Waals surface area contributed by atoms with E-state index in [0.29, 0.717) is 12.2 Å². The summed E-state index contributed by atoms with van der Waals surface area (Å²) in [7, 11) is 0. The summed E-state index contributed by atoms with van der Waals surface area (Å²) in [5.74, 6) is 2.14. The van der Waals surface area contributed by atoms with Gasteiger partial charge in [-0.3, -0.25) is 0 Å². The van der Waals surface area contributed by atoms with E-state index in [1.807, 2.05) is 0 Å². The summed E-state index contributed by atoms with van der Waals surface area (Å²) in [4.78, 5) is 0. The Morgan fingerprint density at radius 3 is 3.00 bits per heavy atom. The summed E-state index contributed by atoms with van der Waals surface area (Å²) >= 11 is 0. The van der Waals surface area contributed by atoms with Crippen molar-refractivity contribution in [3.05, 3.63) is 30.1 Å². The van der Waals surface area contributed by atoms with E-state index in [0.717, 1.165) is 0 Å². The largest absolute Gasteiger partial charge is 0.374 e. The first-order valence-electron chi connectivity index (χ1n) is 3.26. The van der Waals surface area contributed by atoms with Gasteiger partial charge >= 0.3 is 0 Å². The van der Waals surface area contributed by atoms with Crippen LogP contribution in [0, 0.1) is 18.2 Å². The average Bonchev–Trinajstić information content (AvgIpc) is 2.01. The van der Waals surface area contributed by atoms with Crippen LogP contribution in [-0.2, 0) is 0 Å². The highest BCUT2D eigenvalue weighted by atomic mass is 19.1. The van der Waals surface area contributed by atoms with Crippen LogP contribution >= 0.6 is 0 Å². The summed E-state index contributed by atoms with van der Waals surface area (Å²) in [6.07, 6.45) is 5.01. The molecule has 0 aromatic heterocycles. The highest BCUT2D eigenvalue weighted by molar-refractivity contribution is 5.43. The molecule has 0 fully saturated rings. The SMILES string of the molecule is C#CCNc1cccc(F)c1. The minimum Gasteiger partial charge on any atom is -0.374 e. The molecule has 1 nitrogen and oxygen atoms in total. The molecule has 0 aliphatic carbocycles. The van der Waals surface area contributed by atoms with E-state index in [9.17, 15) is 4.39 Å². The van der Waals surface area contributed by atoms with Gasteiger partial charge in [0.15, 0.2) is 0 Å². The minimum absolute atomic E-state index is 0.257. The Morgan fingerprint density at radius 1 is 1.55 bits per heavy atom. The molecule has 0 aliphatic heterocycles. The Balaban J connectivity index is 2.65. The van der Waals surface area contributed by atoms with Crippen molar-refractivity contribution < 1.29 is 4.39 Å². The summed E-state index contributed by atoms with van der Waals surface area (Å²) < 4.78 is 12.5. The number of terminal acetylenes is 1. The number of halogens is 1. The Bertz CT molecular complexity index is 275. The van der Waals surface area contributed by atoms with Crippen molar-refractivity contribution in [2.24, 2.45) is 0 Å². The van der Waals surface area contributed by atoms with Gasteiger partial charge in [-0.2, -0.15) is 0 Å². The smallest absolute Gasteiger partial charge is 0.125 e. The molecule has 0 unspecified atom stereocenters. The van der Waals surface area contributed by atoms with Crippen LogP contribution in [-0.4, -0.2) is 6.54 Å². The van der Waals surface area contributed by atoms with Crippen molar-refractivity contribution in [2.45, 2.75) is 0 Å². The lowest BCUT2D eigenvalue weighted by atomic mass is 10.3. The summed E-state index contributed by atoms with van der Waals surface area (Å²) in [6, 6.07) is 6.19. The Kier molecular flexibility index (Phi) is 2.51. The number of anilines is 1. The lowest BCUT2D eigenvalue weighted by Crippen LogP contribution is -1.97. The first-order chi connectivity index (χ1) is 5.33. The van der Waals surface area contributed by atoms with Crippen molar-refractivity contribution >= 4 is 5.69 Å². The second-order valence-corrected chi connectivity index (χ2v) is 2.07. The van der Waals surface area contributed by atoms with Crippen LogP contribution in [0.3, 0.4) is 0 Å². The van der Waals surface area contributed by atoms with Gasteiger partial charge in [-0.15, -0.1) is 6.42 Å². The van der Waals surface area contributed by atoms with Gasteiger partial charge in [0, 0.05) is 5.69 Å². The van der Waals surface area contributed by atoms with E-state index in [4.69, 9.17) is 6.42 Å². The summed E-state index contributed by atoms with van der Waals surface area (Å²) in [6.45, 7) is 0.420. The number of benzene rings is 1. The van der Waals surface area contributed by atoms with E-state index in [1.54, 1.807) is 12.1 Å². The molecular weight excluding hydrogens is 141 g/mol. The van der Waals surface area contributed by atoms with Gasteiger partial charge in [-0.1, -0.05) is 12.0 Å². The Labute approximate surface area is 65.2 Å². The molecule has 0 atom stereocenters. The quantitative estimate of drug-likeness (QED) is 0.633.